The predicted octanol–water partition coefficient (Wildman–Crippen LogP) is 3.09. The number of benzene rings is 1. The van der Waals surface area contributed by atoms with Gasteiger partial charge in [-0.2, -0.15) is 0 Å². The topological polar surface area (TPSA) is 49.3 Å². The van der Waals surface area contributed by atoms with Gasteiger partial charge < -0.3 is 10.4 Å². The van der Waals surface area contributed by atoms with Crippen LogP contribution in [0.5, 0.6) is 0 Å². The fourth-order valence-electron chi connectivity index (χ4n) is 1.48. The molecule has 1 rings (SSSR count). The Morgan fingerprint density at radius 1 is 1.50 bits per heavy atom. The maximum Gasteiger partial charge on any atom is 0.308 e. The lowest BCUT2D eigenvalue weighted by molar-refractivity contribution is -0.140. The average Bonchev–Trinajstić information content (AvgIpc) is 2.15. The van der Waals surface area contributed by atoms with E-state index in [0.29, 0.717) is 11.6 Å². The molecule has 0 amide bonds. The minimum Gasteiger partial charge on any atom is -0.481 e. The van der Waals surface area contributed by atoms with Gasteiger partial charge in [-0.15, -0.1) is 0 Å². The maximum atomic E-state index is 10.7. The number of nitrogens with one attached hydrogen (secondary N) is 1. The normalized spacial score (nSPS) is 12.2. The van der Waals surface area contributed by atoms with Crippen LogP contribution in [0.4, 0.5) is 5.69 Å². The number of aryl methyl sites for hydroxylation is 2. The van der Waals surface area contributed by atoms with Gasteiger partial charge in [0, 0.05) is 6.54 Å². The van der Waals surface area contributed by atoms with Crippen molar-refractivity contribution in [3.63, 3.8) is 0 Å². The highest BCUT2D eigenvalue weighted by molar-refractivity contribution is 6.33. The Bertz CT molecular complexity index is 381. The summed E-state index contributed by atoms with van der Waals surface area (Å²) >= 11 is 6.09. The van der Waals surface area contributed by atoms with Gasteiger partial charge in [0.15, 0.2) is 0 Å². The highest BCUT2D eigenvalue weighted by Crippen LogP contribution is 2.27. The summed E-state index contributed by atoms with van der Waals surface area (Å²) in [6, 6.07) is 3.88. The van der Waals surface area contributed by atoms with Crippen LogP contribution < -0.4 is 5.32 Å². The van der Waals surface area contributed by atoms with Crippen molar-refractivity contribution in [3.8, 4) is 0 Å². The highest BCUT2D eigenvalue weighted by Gasteiger charge is 2.12. The van der Waals surface area contributed by atoms with Crippen LogP contribution in [0.25, 0.3) is 0 Å². The van der Waals surface area contributed by atoms with Crippen LogP contribution >= 0.6 is 11.6 Å². The summed E-state index contributed by atoms with van der Waals surface area (Å²) in [7, 11) is 0. The molecular weight excluding hydrogens is 226 g/mol. The third-order valence-corrected chi connectivity index (χ3v) is 2.74. The molecule has 0 aliphatic heterocycles. The molecular formula is C12H16ClNO2. The lowest BCUT2D eigenvalue weighted by atomic mass is 10.1. The molecule has 1 atom stereocenters. The van der Waals surface area contributed by atoms with Crippen LogP contribution in [-0.2, 0) is 4.79 Å². The Hall–Kier alpha value is -1.22. The van der Waals surface area contributed by atoms with Gasteiger partial charge in [0.25, 0.3) is 0 Å². The monoisotopic (exact) mass is 241 g/mol. The SMILES string of the molecule is Cc1cc(C)c(NCC(C)C(=O)O)c(Cl)c1. The van der Waals surface area contributed by atoms with Crippen LogP contribution in [0.3, 0.4) is 0 Å². The minimum atomic E-state index is -0.812. The Balaban J connectivity index is 2.78. The molecule has 0 saturated heterocycles. The van der Waals surface area contributed by atoms with Crippen molar-refractivity contribution in [1.29, 1.82) is 0 Å². The predicted molar refractivity (Wildman–Crippen MR) is 66.2 cm³/mol. The van der Waals surface area contributed by atoms with Crippen molar-refractivity contribution >= 4 is 23.3 Å². The Labute approximate surface area is 100 Å². The zero-order chi connectivity index (χ0) is 12.3. The third-order valence-electron chi connectivity index (χ3n) is 2.44. The molecule has 4 heteroatoms. The molecule has 0 radical (unpaired) electrons. The number of anilines is 1. The van der Waals surface area contributed by atoms with E-state index in [1.54, 1.807) is 6.92 Å². The van der Waals surface area contributed by atoms with Gasteiger partial charge in [-0.3, -0.25) is 4.79 Å². The quantitative estimate of drug-likeness (QED) is 0.852. The Morgan fingerprint density at radius 2 is 2.12 bits per heavy atom. The minimum absolute atomic E-state index is 0.374. The molecule has 1 unspecified atom stereocenters. The number of carboxylic acid groups (broad SMARTS) is 1. The summed E-state index contributed by atoms with van der Waals surface area (Å²) in [5.74, 6) is -1.25. The van der Waals surface area contributed by atoms with E-state index >= 15 is 0 Å². The number of rotatable bonds is 4. The molecule has 0 saturated carbocycles. The van der Waals surface area contributed by atoms with Crippen molar-refractivity contribution in [2.24, 2.45) is 5.92 Å². The lowest BCUT2D eigenvalue weighted by Gasteiger charge is -2.14. The summed E-state index contributed by atoms with van der Waals surface area (Å²) in [6.07, 6.45) is 0. The van der Waals surface area contributed by atoms with Gasteiger partial charge >= 0.3 is 5.97 Å². The fourth-order valence-corrected chi connectivity index (χ4v) is 1.87. The summed E-state index contributed by atoms with van der Waals surface area (Å²) in [6.45, 7) is 5.96. The highest BCUT2D eigenvalue weighted by atomic mass is 35.5. The van der Waals surface area contributed by atoms with Gasteiger partial charge in [0.2, 0.25) is 0 Å². The third kappa shape index (κ3) is 3.14. The first-order chi connectivity index (χ1) is 7.41. The fraction of sp³-hybridized carbons (Fsp3) is 0.417. The second kappa shape index (κ2) is 5.21. The summed E-state index contributed by atoms with van der Waals surface area (Å²) in [5.41, 5.74) is 2.95. The van der Waals surface area contributed by atoms with E-state index in [-0.39, 0.29) is 0 Å². The van der Waals surface area contributed by atoms with E-state index in [9.17, 15) is 4.79 Å². The lowest BCUT2D eigenvalue weighted by Crippen LogP contribution is -2.20. The maximum absolute atomic E-state index is 10.7. The second-order valence-corrected chi connectivity index (χ2v) is 4.47. The molecule has 0 aliphatic carbocycles. The molecule has 3 nitrogen and oxygen atoms in total. The molecule has 1 aromatic carbocycles. The molecule has 0 aliphatic rings. The van der Waals surface area contributed by atoms with Crippen molar-refractivity contribution in [2.45, 2.75) is 20.8 Å². The van der Waals surface area contributed by atoms with E-state index in [4.69, 9.17) is 16.7 Å². The first kappa shape index (κ1) is 12.8. The first-order valence-corrected chi connectivity index (χ1v) is 5.53. The van der Waals surface area contributed by atoms with E-state index in [2.05, 4.69) is 5.32 Å². The van der Waals surface area contributed by atoms with Gasteiger partial charge in [-0.1, -0.05) is 24.6 Å². The molecule has 1 aromatic rings. The van der Waals surface area contributed by atoms with Crippen LogP contribution in [-0.4, -0.2) is 17.6 Å². The van der Waals surface area contributed by atoms with Gasteiger partial charge in [0.05, 0.1) is 16.6 Å². The van der Waals surface area contributed by atoms with Crippen LogP contribution in [0.15, 0.2) is 12.1 Å². The van der Waals surface area contributed by atoms with E-state index in [1.165, 1.54) is 0 Å². The van der Waals surface area contributed by atoms with Crippen molar-refractivity contribution < 1.29 is 9.90 Å². The van der Waals surface area contributed by atoms with Gasteiger partial charge in [-0.05, 0) is 31.0 Å². The zero-order valence-electron chi connectivity index (χ0n) is 9.67. The molecule has 88 valence electrons. The van der Waals surface area contributed by atoms with Crippen molar-refractivity contribution in [3.05, 3.63) is 28.3 Å². The van der Waals surface area contributed by atoms with Gasteiger partial charge in [-0.25, -0.2) is 0 Å². The largest absolute Gasteiger partial charge is 0.481 e. The first-order valence-electron chi connectivity index (χ1n) is 5.15. The number of carbonyl (C=O) groups is 1. The van der Waals surface area contributed by atoms with Crippen LogP contribution in [0, 0.1) is 19.8 Å². The second-order valence-electron chi connectivity index (χ2n) is 4.06. The van der Waals surface area contributed by atoms with Crippen molar-refractivity contribution in [1.82, 2.24) is 0 Å². The molecule has 0 heterocycles. The van der Waals surface area contributed by atoms with Crippen molar-refractivity contribution in [2.75, 3.05) is 11.9 Å². The standard InChI is InChI=1S/C12H16ClNO2/c1-7-4-8(2)11(10(13)5-7)14-6-9(3)12(15)16/h4-5,9,14H,6H2,1-3H3,(H,15,16). The Morgan fingerprint density at radius 3 is 2.62 bits per heavy atom. The van der Waals surface area contributed by atoms with E-state index < -0.39 is 11.9 Å². The number of hydrogen-bond acceptors (Lipinski definition) is 2. The number of halogens is 1. The van der Waals surface area contributed by atoms with E-state index in [1.807, 2.05) is 26.0 Å². The Kier molecular flexibility index (Phi) is 4.19. The summed E-state index contributed by atoms with van der Waals surface area (Å²) in [4.78, 5) is 10.7. The van der Waals surface area contributed by atoms with E-state index in [0.717, 1.165) is 16.8 Å². The number of carboxylic acids is 1. The van der Waals surface area contributed by atoms with Gasteiger partial charge in [0.1, 0.15) is 0 Å². The summed E-state index contributed by atoms with van der Waals surface area (Å²) < 4.78 is 0. The molecule has 16 heavy (non-hydrogen) atoms. The molecule has 0 spiro atoms. The van der Waals surface area contributed by atoms with Crippen LogP contribution in [0.2, 0.25) is 5.02 Å². The zero-order valence-corrected chi connectivity index (χ0v) is 10.4. The number of aliphatic carboxylic acids is 1. The number of hydrogen-bond donors (Lipinski definition) is 2. The smallest absolute Gasteiger partial charge is 0.308 e. The molecule has 0 bridgehead atoms. The molecule has 0 fully saturated rings. The van der Waals surface area contributed by atoms with Crippen LogP contribution in [0.1, 0.15) is 18.1 Å². The average molecular weight is 242 g/mol. The molecule has 2 N–H and O–H groups in total. The summed E-state index contributed by atoms with van der Waals surface area (Å²) in [5, 5.41) is 12.5. The molecule has 0 aromatic heterocycles.